The number of imidazole rings is 1. The molecule has 5 aromatic heterocycles. The average Bonchev–Trinajstić information content (AvgIpc) is 3.68. The monoisotopic (exact) mass is 700 g/mol. The van der Waals surface area contributed by atoms with E-state index < -0.39 is 0 Å². The van der Waals surface area contributed by atoms with E-state index in [0.29, 0.717) is 0 Å². The Bertz CT molecular complexity index is 2200. The molecular formula is C33H23IrN4S-. The van der Waals surface area contributed by atoms with Gasteiger partial charge in [0.25, 0.3) is 0 Å². The van der Waals surface area contributed by atoms with E-state index in [0.717, 1.165) is 40.1 Å². The summed E-state index contributed by atoms with van der Waals surface area (Å²) in [7, 11) is 0. The number of benzene rings is 3. The van der Waals surface area contributed by atoms with Crippen molar-refractivity contribution >= 4 is 59.8 Å². The Kier molecular flexibility index (Phi) is 5.67. The van der Waals surface area contributed by atoms with Crippen LogP contribution in [0.4, 0.5) is 0 Å². The maximum Gasteiger partial charge on any atom is 0.0909 e. The van der Waals surface area contributed by atoms with Crippen molar-refractivity contribution in [2.75, 3.05) is 0 Å². The Hall–Kier alpha value is -3.83. The van der Waals surface area contributed by atoms with Crippen LogP contribution in [-0.4, -0.2) is 18.9 Å². The van der Waals surface area contributed by atoms with Crippen molar-refractivity contribution in [2.45, 2.75) is 20.4 Å². The molecule has 0 spiro atoms. The van der Waals surface area contributed by atoms with Crippen molar-refractivity contribution < 1.29 is 20.1 Å². The van der Waals surface area contributed by atoms with Crippen LogP contribution >= 0.6 is 11.3 Å². The normalized spacial score (nSPS) is 11.7. The van der Waals surface area contributed by atoms with E-state index in [2.05, 4.69) is 107 Å². The summed E-state index contributed by atoms with van der Waals surface area (Å²) in [6.07, 6.45) is 3.90. The van der Waals surface area contributed by atoms with Gasteiger partial charge < -0.3 is 8.97 Å². The van der Waals surface area contributed by atoms with E-state index in [1.807, 2.05) is 18.5 Å². The summed E-state index contributed by atoms with van der Waals surface area (Å²) in [5, 5.41) is 6.00. The summed E-state index contributed by atoms with van der Waals surface area (Å²) in [5.74, 6) is 0. The molecule has 8 rings (SSSR count). The van der Waals surface area contributed by atoms with Crippen molar-refractivity contribution in [3.63, 3.8) is 0 Å². The van der Waals surface area contributed by atoms with Gasteiger partial charge in [-0.3, -0.25) is 9.97 Å². The molecule has 0 atom stereocenters. The number of thiophene rings is 1. The van der Waals surface area contributed by atoms with Gasteiger partial charge in [0.1, 0.15) is 0 Å². The van der Waals surface area contributed by atoms with E-state index in [9.17, 15) is 0 Å². The summed E-state index contributed by atoms with van der Waals surface area (Å²) in [5.41, 5.74) is 7.58. The van der Waals surface area contributed by atoms with Gasteiger partial charge in [-0.15, -0.1) is 34.9 Å². The molecule has 1 radical (unpaired) electrons. The van der Waals surface area contributed by atoms with Crippen LogP contribution in [0, 0.1) is 13.0 Å². The Morgan fingerprint density at radius 2 is 1.62 bits per heavy atom. The fourth-order valence-corrected chi connectivity index (χ4v) is 6.88. The predicted octanol–water partition coefficient (Wildman–Crippen LogP) is 8.67. The van der Waals surface area contributed by atoms with Crippen molar-refractivity contribution in [2.24, 2.45) is 0 Å². The van der Waals surface area contributed by atoms with Gasteiger partial charge in [-0.1, -0.05) is 41.3 Å². The van der Waals surface area contributed by atoms with Gasteiger partial charge in [0.2, 0.25) is 0 Å². The van der Waals surface area contributed by atoms with E-state index in [4.69, 9.17) is 4.98 Å². The third-order valence-corrected chi connectivity index (χ3v) is 8.63. The molecule has 3 aromatic carbocycles. The van der Waals surface area contributed by atoms with Crippen LogP contribution in [0.2, 0.25) is 0 Å². The minimum atomic E-state index is 0. The average molecular weight is 700 g/mol. The molecule has 0 bridgehead atoms. The van der Waals surface area contributed by atoms with Crippen LogP contribution in [0.3, 0.4) is 0 Å². The second-order valence-electron chi connectivity index (χ2n) is 9.78. The summed E-state index contributed by atoms with van der Waals surface area (Å²) in [4.78, 5) is 12.3. The molecule has 0 unspecified atom stereocenters. The van der Waals surface area contributed by atoms with E-state index in [1.54, 1.807) is 11.3 Å². The predicted molar refractivity (Wildman–Crippen MR) is 159 cm³/mol. The summed E-state index contributed by atoms with van der Waals surface area (Å²) in [6.45, 7) is 5.30. The molecule has 0 saturated carbocycles. The molecule has 5 heterocycles. The first-order valence-electron chi connectivity index (χ1n) is 12.9. The zero-order chi connectivity index (χ0) is 25.4. The molecule has 8 aromatic rings. The molecule has 0 aliphatic carbocycles. The smallest absolute Gasteiger partial charge is 0.0909 e. The first-order valence-corrected chi connectivity index (χ1v) is 13.7. The number of hydrogen-bond donors (Lipinski definition) is 0. The van der Waals surface area contributed by atoms with Crippen molar-refractivity contribution in [1.82, 2.24) is 18.9 Å². The van der Waals surface area contributed by atoms with Crippen LogP contribution in [0.25, 0.3) is 71.0 Å². The van der Waals surface area contributed by atoms with Gasteiger partial charge in [-0.2, -0.15) is 0 Å². The van der Waals surface area contributed by atoms with Gasteiger partial charge in [0, 0.05) is 77.0 Å². The molecule has 6 heteroatoms. The van der Waals surface area contributed by atoms with Crippen LogP contribution in [0.5, 0.6) is 0 Å². The molecule has 0 fully saturated rings. The minimum Gasteiger partial charge on any atom is -0.341 e. The Morgan fingerprint density at radius 1 is 0.821 bits per heavy atom. The number of fused-ring (bicyclic) bond motifs is 9. The standard InChI is InChI=1S/C33H23N4S.Ir/c1-3-36-30-10-5-4-7-23(30)26-19-22(12-14-31(26)36)29-9-6-8-28(35-29)21-11-13-24-25(18-21)27-17-20(2)38-33(27)37-16-15-34-32(24)37;/h4-12,14-19H,3H2,1-2H3;/q-1;. The Labute approximate surface area is 242 Å². The summed E-state index contributed by atoms with van der Waals surface area (Å²) < 4.78 is 4.56. The number of nitrogens with zero attached hydrogens (tertiary/aromatic N) is 4. The van der Waals surface area contributed by atoms with E-state index in [1.165, 1.54) is 42.3 Å². The van der Waals surface area contributed by atoms with Crippen LogP contribution in [0.1, 0.15) is 11.8 Å². The molecular weight excluding hydrogens is 677 g/mol. The maximum absolute atomic E-state index is 5.13. The molecule has 191 valence electrons. The fourth-order valence-electron chi connectivity index (χ4n) is 5.88. The zero-order valence-corrected chi connectivity index (χ0v) is 24.6. The number of rotatable bonds is 3. The first kappa shape index (κ1) is 24.2. The number of aromatic nitrogens is 4. The molecule has 0 N–H and O–H groups in total. The number of hydrogen-bond acceptors (Lipinski definition) is 3. The Balaban J connectivity index is 0.00000253. The molecule has 4 nitrogen and oxygen atoms in total. The van der Waals surface area contributed by atoms with Crippen LogP contribution < -0.4 is 0 Å². The Morgan fingerprint density at radius 3 is 2.49 bits per heavy atom. The number of para-hydroxylation sites is 1. The molecule has 0 amide bonds. The third-order valence-electron chi connectivity index (χ3n) is 7.58. The topological polar surface area (TPSA) is 35.1 Å². The second-order valence-corrected chi connectivity index (χ2v) is 11.0. The third kappa shape index (κ3) is 3.60. The first-order chi connectivity index (χ1) is 18.7. The fraction of sp³-hybridized carbons (Fsp3) is 0.0909. The van der Waals surface area contributed by atoms with E-state index in [-0.39, 0.29) is 20.1 Å². The van der Waals surface area contributed by atoms with Crippen LogP contribution in [-0.2, 0) is 26.7 Å². The van der Waals surface area contributed by atoms with Gasteiger partial charge in [0.05, 0.1) is 16.2 Å². The van der Waals surface area contributed by atoms with Crippen molar-refractivity contribution in [1.29, 1.82) is 0 Å². The van der Waals surface area contributed by atoms with E-state index >= 15 is 0 Å². The van der Waals surface area contributed by atoms with Crippen LogP contribution in [0.15, 0.2) is 91.3 Å². The number of pyridine rings is 2. The molecule has 0 saturated heterocycles. The van der Waals surface area contributed by atoms with Gasteiger partial charge in [-0.25, -0.2) is 0 Å². The quantitative estimate of drug-likeness (QED) is 0.173. The molecule has 39 heavy (non-hydrogen) atoms. The maximum atomic E-state index is 5.13. The SMILES string of the molecule is CCn1c2ccccc2c2cc(-c3cccc(-c4c[c-]c5c(c4)c4cc(C)sc4n4ccnc54)n3)ccc21.[Ir]. The second kappa shape index (κ2) is 9.13. The molecule has 0 aliphatic heterocycles. The van der Waals surface area contributed by atoms with Gasteiger partial charge in [-0.05, 0) is 55.6 Å². The minimum absolute atomic E-state index is 0. The summed E-state index contributed by atoms with van der Waals surface area (Å²) >= 11 is 1.80. The zero-order valence-electron chi connectivity index (χ0n) is 21.4. The van der Waals surface area contributed by atoms with Gasteiger partial charge in [0.15, 0.2) is 0 Å². The number of aryl methyl sites for hydroxylation is 2. The van der Waals surface area contributed by atoms with Gasteiger partial charge >= 0.3 is 0 Å². The molecule has 0 aliphatic rings. The summed E-state index contributed by atoms with van der Waals surface area (Å²) in [6, 6.07) is 31.8. The van der Waals surface area contributed by atoms with Crippen molar-refractivity contribution in [3.8, 4) is 22.5 Å². The largest absolute Gasteiger partial charge is 0.341 e. The van der Waals surface area contributed by atoms with Crippen molar-refractivity contribution in [3.05, 3.63) is 102 Å².